The first kappa shape index (κ1) is 25.7. The van der Waals surface area contributed by atoms with Crippen LogP contribution in [0.15, 0.2) is 77.7 Å². The van der Waals surface area contributed by atoms with Crippen LogP contribution in [-0.2, 0) is 36.7 Å². The summed E-state index contributed by atoms with van der Waals surface area (Å²) in [7, 11) is -0.917. The molecule has 0 aromatic heterocycles. The summed E-state index contributed by atoms with van der Waals surface area (Å²) in [6, 6.07) is 25.5. The normalized spacial score (nSPS) is 18.5. The molecule has 0 N–H and O–H groups in total. The molecule has 5 heteroatoms. The van der Waals surface area contributed by atoms with Crippen molar-refractivity contribution in [3.8, 4) is 0 Å². The molecular formula is C31H37ClN2OS. The van der Waals surface area contributed by atoms with Crippen LogP contribution < -0.4 is 0 Å². The second kappa shape index (κ2) is 12.5. The number of hydrogen-bond acceptors (Lipinski definition) is 3. The van der Waals surface area contributed by atoms with Crippen LogP contribution >= 0.6 is 11.6 Å². The van der Waals surface area contributed by atoms with Gasteiger partial charge in [-0.15, -0.1) is 0 Å². The Morgan fingerprint density at radius 1 is 0.778 bits per heavy atom. The van der Waals surface area contributed by atoms with Crippen molar-refractivity contribution in [2.24, 2.45) is 5.92 Å². The molecule has 0 saturated carbocycles. The van der Waals surface area contributed by atoms with E-state index in [9.17, 15) is 4.21 Å². The molecule has 3 aromatic rings. The molecule has 1 atom stereocenters. The lowest BCUT2D eigenvalue weighted by Gasteiger charge is -2.32. The fraction of sp³-hybridized carbons (Fsp3) is 0.419. The Kier molecular flexibility index (Phi) is 8.92. The molecule has 0 radical (unpaired) electrons. The van der Waals surface area contributed by atoms with Gasteiger partial charge >= 0.3 is 0 Å². The topological polar surface area (TPSA) is 23.6 Å². The zero-order chi connectivity index (χ0) is 24.7. The van der Waals surface area contributed by atoms with E-state index in [0.717, 1.165) is 74.2 Å². The number of fused-ring (bicyclic) bond motifs is 1. The van der Waals surface area contributed by atoms with Crippen LogP contribution in [0.1, 0.15) is 41.5 Å². The Morgan fingerprint density at radius 2 is 1.47 bits per heavy atom. The second-order valence-electron chi connectivity index (χ2n) is 10.3. The van der Waals surface area contributed by atoms with E-state index >= 15 is 0 Å². The first-order valence-corrected chi connectivity index (χ1v) is 15.1. The molecule has 3 aromatic carbocycles. The van der Waals surface area contributed by atoms with E-state index in [0.29, 0.717) is 5.92 Å². The van der Waals surface area contributed by atoms with Gasteiger partial charge in [0.1, 0.15) is 0 Å². The van der Waals surface area contributed by atoms with Gasteiger partial charge < -0.3 is 0 Å². The predicted molar refractivity (Wildman–Crippen MR) is 151 cm³/mol. The van der Waals surface area contributed by atoms with Crippen molar-refractivity contribution >= 4 is 22.4 Å². The highest BCUT2D eigenvalue weighted by Gasteiger charge is 2.21. The minimum atomic E-state index is -0.917. The summed E-state index contributed by atoms with van der Waals surface area (Å²) in [4.78, 5) is 6.06. The van der Waals surface area contributed by atoms with Gasteiger partial charge in [-0.2, -0.15) is 0 Å². The van der Waals surface area contributed by atoms with Gasteiger partial charge in [-0.05, 0) is 91.6 Å². The molecule has 2 aliphatic rings. The van der Waals surface area contributed by atoms with Gasteiger partial charge in [0.25, 0.3) is 0 Å². The largest absolute Gasteiger partial charge is 0.299 e. The Labute approximate surface area is 223 Å². The van der Waals surface area contributed by atoms with E-state index in [-0.39, 0.29) is 0 Å². The minimum Gasteiger partial charge on any atom is -0.299 e. The molecule has 1 unspecified atom stereocenters. The van der Waals surface area contributed by atoms with Crippen molar-refractivity contribution in [1.82, 2.24) is 9.80 Å². The summed E-state index contributed by atoms with van der Waals surface area (Å²) < 4.78 is 13.2. The molecule has 0 aliphatic carbocycles. The van der Waals surface area contributed by atoms with Gasteiger partial charge in [-0.25, -0.2) is 0 Å². The fourth-order valence-electron chi connectivity index (χ4n) is 5.58. The van der Waals surface area contributed by atoms with Crippen LogP contribution in [0, 0.1) is 5.92 Å². The summed E-state index contributed by atoms with van der Waals surface area (Å²) in [5, 5.41) is 0.861. The Balaban J connectivity index is 1.09. The summed E-state index contributed by atoms with van der Waals surface area (Å²) >= 11 is 6.35. The van der Waals surface area contributed by atoms with Crippen molar-refractivity contribution in [3.63, 3.8) is 0 Å². The third-order valence-corrected chi connectivity index (χ3v) is 9.61. The first-order valence-electron chi connectivity index (χ1n) is 13.4. The van der Waals surface area contributed by atoms with Crippen molar-refractivity contribution in [1.29, 1.82) is 0 Å². The van der Waals surface area contributed by atoms with Gasteiger partial charge in [0, 0.05) is 41.8 Å². The van der Waals surface area contributed by atoms with Crippen LogP contribution in [0.4, 0.5) is 0 Å². The Hall–Kier alpha value is -1.98. The molecule has 2 heterocycles. The molecule has 0 amide bonds. The van der Waals surface area contributed by atoms with Crippen LogP contribution in [0.25, 0.3) is 0 Å². The van der Waals surface area contributed by atoms with E-state index in [1.807, 2.05) is 12.1 Å². The van der Waals surface area contributed by atoms with Gasteiger partial charge in [-0.3, -0.25) is 14.0 Å². The maximum absolute atomic E-state index is 13.2. The average Bonchev–Trinajstić information content (AvgIpc) is 3.12. The van der Waals surface area contributed by atoms with Crippen LogP contribution in [-0.4, -0.2) is 45.9 Å². The van der Waals surface area contributed by atoms with Gasteiger partial charge in [0.05, 0.1) is 10.8 Å². The predicted octanol–water partition coefficient (Wildman–Crippen LogP) is 6.35. The first-order chi connectivity index (χ1) is 17.6. The highest BCUT2D eigenvalue weighted by molar-refractivity contribution is 7.85. The molecule has 2 aliphatic heterocycles. The van der Waals surface area contributed by atoms with E-state index < -0.39 is 10.8 Å². The minimum absolute atomic E-state index is 0.670. The van der Waals surface area contributed by atoms with Crippen molar-refractivity contribution in [2.75, 3.05) is 31.9 Å². The highest BCUT2D eigenvalue weighted by atomic mass is 35.5. The van der Waals surface area contributed by atoms with Gasteiger partial charge in [0.15, 0.2) is 0 Å². The molecule has 0 bridgehead atoms. The number of likely N-dealkylation sites (tertiary alicyclic amines) is 1. The second-order valence-corrected chi connectivity index (χ2v) is 12.3. The maximum Gasteiger partial charge on any atom is 0.0529 e. The number of benzene rings is 3. The summed E-state index contributed by atoms with van der Waals surface area (Å²) in [6.07, 6.45) is 5.53. The van der Waals surface area contributed by atoms with Gasteiger partial charge in [0.2, 0.25) is 0 Å². The number of hydrogen-bond donors (Lipinski definition) is 0. The molecule has 1 fully saturated rings. The SMILES string of the molecule is O=S(CCC1CCN(Cc2ccccc2Cl)CC1)c1ccc2c(c1)CCN(Cc1ccccc1)CC2. The third-order valence-electron chi connectivity index (χ3n) is 7.85. The lowest BCUT2D eigenvalue weighted by Crippen LogP contribution is -2.33. The maximum atomic E-state index is 13.2. The number of nitrogens with zero attached hydrogens (tertiary/aromatic N) is 2. The highest BCUT2D eigenvalue weighted by Crippen LogP contribution is 2.26. The van der Waals surface area contributed by atoms with E-state index in [2.05, 4.69) is 70.5 Å². The van der Waals surface area contributed by atoms with E-state index in [1.165, 1.54) is 35.1 Å². The molecule has 36 heavy (non-hydrogen) atoms. The number of rotatable bonds is 8. The van der Waals surface area contributed by atoms with E-state index in [4.69, 9.17) is 11.6 Å². The summed E-state index contributed by atoms with van der Waals surface area (Å²) in [5.74, 6) is 1.44. The molecule has 3 nitrogen and oxygen atoms in total. The quantitative estimate of drug-likeness (QED) is 0.345. The zero-order valence-electron chi connectivity index (χ0n) is 21.1. The summed E-state index contributed by atoms with van der Waals surface area (Å²) in [6.45, 7) is 6.27. The zero-order valence-corrected chi connectivity index (χ0v) is 22.7. The molecule has 5 rings (SSSR count). The van der Waals surface area contributed by atoms with E-state index in [1.54, 1.807) is 0 Å². The van der Waals surface area contributed by atoms with Crippen molar-refractivity contribution in [2.45, 2.75) is 50.1 Å². The molecule has 1 saturated heterocycles. The average molecular weight is 521 g/mol. The van der Waals surface area contributed by atoms with Crippen LogP contribution in [0.3, 0.4) is 0 Å². The number of piperidine rings is 1. The lowest BCUT2D eigenvalue weighted by atomic mass is 9.94. The Morgan fingerprint density at radius 3 is 2.25 bits per heavy atom. The van der Waals surface area contributed by atoms with Gasteiger partial charge in [-0.1, -0.05) is 66.2 Å². The van der Waals surface area contributed by atoms with Crippen LogP contribution in [0.5, 0.6) is 0 Å². The van der Waals surface area contributed by atoms with Crippen LogP contribution in [0.2, 0.25) is 5.02 Å². The fourth-order valence-corrected chi connectivity index (χ4v) is 7.05. The third kappa shape index (κ3) is 6.86. The Bertz CT molecular complexity index is 1160. The lowest BCUT2D eigenvalue weighted by molar-refractivity contribution is 0.175. The molecular weight excluding hydrogens is 484 g/mol. The summed E-state index contributed by atoms with van der Waals surface area (Å²) in [5.41, 5.74) is 5.41. The smallest absolute Gasteiger partial charge is 0.0529 e. The van der Waals surface area contributed by atoms with Crippen molar-refractivity contribution < 1.29 is 4.21 Å². The molecule has 0 spiro atoms. The monoisotopic (exact) mass is 520 g/mol. The standard InChI is InChI=1S/C31H37ClN2OS/c32-31-9-5-4-8-29(31)24-34-17-12-25(13-18-34)16-21-36(35)30-11-10-27-14-19-33(20-15-28(27)22-30)23-26-6-2-1-3-7-26/h1-11,22,25H,12-21,23-24H2. The number of halogens is 1. The van der Waals surface area contributed by atoms with Crippen molar-refractivity contribution in [3.05, 3.63) is 100 Å². The molecule has 190 valence electrons.